The van der Waals surface area contributed by atoms with Gasteiger partial charge in [0.2, 0.25) is 5.79 Å². The highest BCUT2D eigenvalue weighted by Gasteiger charge is 2.88. The van der Waals surface area contributed by atoms with E-state index < -0.39 is 81.2 Å². The molecular weight excluding hydrogens is 622 g/mol. The summed E-state index contributed by atoms with van der Waals surface area (Å²) in [5.74, 6) is -3.63. The molecule has 0 radical (unpaired) electrons. The number of nitrogens with zero attached hydrogens (tertiary/aromatic N) is 1. The van der Waals surface area contributed by atoms with Crippen molar-refractivity contribution in [1.29, 1.82) is 0 Å². The normalized spacial score (nSPS) is 53.6. The molecule has 4 saturated carbocycles. The molecule has 4 bridgehead atoms. The number of rotatable bonds is 4. The number of benzene rings is 1. The maximum atomic E-state index is 13.5. The lowest BCUT2D eigenvalue weighted by Crippen LogP contribution is -2.85. The fraction of sp³-hybridized carbons (Fsp3) is 0.806. The Bertz CT molecular complexity index is 1520. The smallest absolute Gasteiger partial charge is 0.338 e. The molecule has 0 aromatic heterocycles. The lowest BCUT2D eigenvalue weighted by atomic mass is 9.49. The molecule has 7 aliphatic rings. The van der Waals surface area contributed by atoms with Crippen molar-refractivity contribution in [3.05, 3.63) is 23.8 Å². The minimum atomic E-state index is -2.10. The topological polar surface area (TPSA) is 179 Å². The zero-order valence-corrected chi connectivity index (χ0v) is 28.5. The molecule has 13 unspecified atom stereocenters. The van der Waals surface area contributed by atoms with Crippen molar-refractivity contribution in [1.82, 2.24) is 4.90 Å². The van der Waals surface area contributed by atoms with E-state index >= 15 is 0 Å². The van der Waals surface area contributed by atoms with Crippen LogP contribution >= 0.6 is 0 Å². The monoisotopic (exact) mass is 673 g/mol. The third-order valence-corrected chi connectivity index (χ3v) is 14.9. The highest BCUT2D eigenvalue weighted by atomic mass is 16.7. The molecule has 12 heteroatoms. The molecule has 0 amide bonds. The number of carbonyl (C=O) groups excluding carboxylic acids is 1. The van der Waals surface area contributed by atoms with Crippen LogP contribution in [0.1, 0.15) is 82.5 Å². The van der Waals surface area contributed by atoms with Crippen molar-refractivity contribution in [3.63, 3.8) is 0 Å². The van der Waals surface area contributed by atoms with Crippen molar-refractivity contribution in [2.45, 2.75) is 124 Å². The van der Waals surface area contributed by atoms with Gasteiger partial charge < -0.3 is 49.6 Å². The Balaban J connectivity index is 1.16. The van der Waals surface area contributed by atoms with Crippen molar-refractivity contribution in [2.75, 3.05) is 27.3 Å². The van der Waals surface area contributed by atoms with Gasteiger partial charge in [-0.2, -0.15) is 0 Å². The van der Waals surface area contributed by atoms with Crippen LogP contribution < -0.4 is 9.47 Å². The van der Waals surface area contributed by atoms with Gasteiger partial charge in [0.05, 0.1) is 31.5 Å². The van der Waals surface area contributed by atoms with Gasteiger partial charge in [-0.3, -0.25) is 4.90 Å². The lowest BCUT2D eigenvalue weighted by molar-refractivity contribution is -0.354. The van der Waals surface area contributed by atoms with E-state index in [0.717, 1.165) is 6.42 Å². The summed E-state index contributed by atoms with van der Waals surface area (Å²) < 4.78 is 23.5. The zero-order chi connectivity index (χ0) is 34.4. The molecule has 1 aromatic carbocycles. The highest BCUT2D eigenvalue weighted by molar-refractivity contribution is 5.90. The molecule has 7 fully saturated rings. The summed E-state index contributed by atoms with van der Waals surface area (Å²) in [6.07, 6.45) is 0.172. The average molecular weight is 674 g/mol. The second kappa shape index (κ2) is 10.1. The standard InChI is InChI=1S/C36H51NO11/c1-19-6-11-26-31(3,40)35(43)25(17-37(26)16-19)33(42)18-34-24(32(33,41)15-27(35)38)10-9-23-30(34,2)13-12-28(36(23,44)48-34)47-29(39)20-7-8-21(45-4)22(14-20)46-5/h7-8,14,19,23-28,38,40-44H,6,9-13,15-18H2,1-5H3/t19?,23?,24?,25?,26?,27?,28?,30?,31?,32?,33?,34?,35?,36-/m0/s1. The van der Waals surface area contributed by atoms with Crippen LogP contribution in [0.4, 0.5) is 0 Å². The number of hydrogen-bond acceptors (Lipinski definition) is 12. The van der Waals surface area contributed by atoms with E-state index in [9.17, 15) is 35.4 Å². The van der Waals surface area contributed by atoms with Crippen LogP contribution in [0.25, 0.3) is 0 Å². The van der Waals surface area contributed by atoms with Crippen LogP contribution in [0.3, 0.4) is 0 Å². The Morgan fingerprint density at radius 3 is 2.31 bits per heavy atom. The second-order valence-electron chi connectivity index (χ2n) is 16.8. The molecule has 3 aliphatic heterocycles. The number of hydrogen-bond donors (Lipinski definition) is 6. The quantitative estimate of drug-likeness (QED) is 0.253. The van der Waals surface area contributed by atoms with Crippen molar-refractivity contribution in [2.24, 2.45) is 29.1 Å². The maximum Gasteiger partial charge on any atom is 0.338 e. The molecule has 6 N–H and O–H groups in total. The molecule has 14 atom stereocenters. The Labute approximate surface area is 280 Å². The molecule has 266 valence electrons. The summed E-state index contributed by atoms with van der Waals surface area (Å²) in [4.78, 5) is 15.6. The number of aliphatic hydroxyl groups excluding tert-OH is 1. The highest BCUT2D eigenvalue weighted by Crippen LogP contribution is 2.78. The zero-order valence-electron chi connectivity index (χ0n) is 28.5. The van der Waals surface area contributed by atoms with Crippen LogP contribution in [-0.4, -0.2) is 121 Å². The summed E-state index contributed by atoms with van der Waals surface area (Å²) in [6, 6.07) is 4.28. The van der Waals surface area contributed by atoms with Gasteiger partial charge in [0.1, 0.15) is 22.4 Å². The fourth-order valence-electron chi connectivity index (χ4n) is 12.6. The molecular formula is C36H51NO11. The van der Waals surface area contributed by atoms with Gasteiger partial charge in [-0.25, -0.2) is 4.79 Å². The first kappa shape index (κ1) is 33.1. The summed E-state index contributed by atoms with van der Waals surface area (Å²) in [5.41, 5.74) is -9.44. The van der Waals surface area contributed by atoms with Crippen molar-refractivity contribution in [3.8, 4) is 11.5 Å². The van der Waals surface area contributed by atoms with E-state index in [1.165, 1.54) is 20.3 Å². The van der Waals surface area contributed by atoms with E-state index in [1.54, 1.807) is 19.1 Å². The Hall–Kier alpha value is -2.03. The molecule has 48 heavy (non-hydrogen) atoms. The van der Waals surface area contributed by atoms with Crippen LogP contribution in [0.5, 0.6) is 11.5 Å². The molecule has 12 nitrogen and oxygen atoms in total. The SMILES string of the molecule is COc1ccc(C(=O)OC2CCC3(C)C4CCC5C6(O)CC(O)C7(O)C(CN8CC(C)CCC8C7(C)O)C6(O)CC53O[C@]24O)cc1OC. The molecule has 1 aromatic rings. The van der Waals surface area contributed by atoms with Gasteiger partial charge in [0.25, 0.3) is 0 Å². The third kappa shape index (κ3) is 3.66. The van der Waals surface area contributed by atoms with E-state index in [1.807, 2.05) is 6.92 Å². The number of ether oxygens (including phenoxy) is 4. The predicted octanol–water partition coefficient (Wildman–Crippen LogP) is 1.36. The van der Waals surface area contributed by atoms with E-state index in [2.05, 4.69) is 11.8 Å². The van der Waals surface area contributed by atoms with Gasteiger partial charge in [-0.15, -0.1) is 0 Å². The van der Waals surface area contributed by atoms with Crippen LogP contribution in [-0.2, 0) is 9.47 Å². The largest absolute Gasteiger partial charge is 0.493 e. The Morgan fingerprint density at radius 1 is 0.896 bits per heavy atom. The minimum absolute atomic E-state index is 0.101. The Morgan fingerprint density at radius 2 is 1.60 bits per heavy atom. The van der Waals surface area contributed by atoms with Gasteiger partial charge >= 0.3 is 5.97 Å². The second-order valence-corrected chi connectivity index (χ2v) is 16.8. The average Bonchev–Trinajstić information content (AvgIpc) is 3.21. The minimum Gasteiger partial charge on any atom is -0.493 e. The molecule has 3 heterocycles. The van der Waals surface area contributed by atoms with Crippen LogP contribution in [0.2, 0.25) is 0 Å². The number of esters is 1. The maximum absolute atomic E-state index is 13.5. The number of piperidine rings is 2. The summed E-state index contributed by atoms with van der Waals surface area (Å²) in [5, 5.41) is 74.7. The van der Waals surface area contributed by atoms with Gasteiger partial charge in [-0.1, -0.05) is 13.8 Å². The summed E-state index contributed by atoms with van der Waals surface area (Å²) >= 11 is 0. The third-order valence-electron chi connectivity index (χ3n) is 14.9. The molecule has 1 spiro atoms. The first-order chi connectivity index (χ1) is 22.5. The first-order valence-corrected chi connectivity index (χ1v) is 17.6. The molecule has 4 aliphatic carbocycles. The molecule has 3 saturated heterocycles. The first-order valence-electron chi connectivity index (χ1n) is 17.6. The summed E-state index contributed by atoms with van der Waals surface area (Å²) in [6.45, 7) is 6.57. The number of fused-ring (bicyclic) bond motifs is 5. The predicted molar refractivity (Wildman–Crippen MR) is 169 cm³/mol. The van der Waals surface area contributed by atoms with Gasteiger partial charge in [0, 0.05) is 55.1 Å². The number of carbonyl (C=O) groups is 1. The summed E-state index contributed by atoms with van der Waals surface area (Å²) in [7, 11) is 2.97. The van der Waals surface area contributed by atoms with E-state index in [-0.39, 0.29) is 24.9 Å². The van der Waals surface area contributed by atoms with Crippen molar-refractivity contribution < 1.29 is 54.4 Å². The molecule has 8 rings (SSSR count). The van der Waals surface area contributed by atoms with Crippen LogP contribution in [0, 0.1) is 29.1 Å². The van der Waals surface area contributed by atoms with Crippen molar-refractivity contribution >= 4 is 5.97 Å². The van der Waals surface area contributed by atoms with Gasteiger partial charge in [-0.05, 0) is 69.6 Å². The number of aliphatic hydroxyl groups is 6. The lowest BCUT2D eigenvalue weighted by Gasteiger charge is -2.68. The van der Waals surface area contributed by atoms with E-state index in [4.69, 9.17) is 18.9 Å². The van der Waals surface area contributed by atoms with Crippen LogP contribution in [0.15, 0.2) is 18.2 Å². The van der Waals surface area contributed by atoms with E-state index in [0.29, 0.717) is 56.1 Å². The number of methoxy groups -OCH3 is 2. The van der Waals surface area contributed by atoms with Gasteiger partial charge in [0.15, 0.2) is 17.6 Å². The fourth-order valence-corrected chi connectivity index (χ4v) is 12.6. The Kier molecular flexibility index (Phi) is 6.94.